The molecular weight excluding hydrogens is 373 g/mol. The number of amides is 1. The highest BCUT2D eigenvalue weighted by Crippen LogP contribution is 2.33. The number of benzene rings is 1. The lowest BCUT2D eigenvalue weighted by Crippen LogP contribution is -2.42. The van der Waals surface area contributed by atoms with Crippen molar-refractivity contribution in [3.8, 4) is 5.69 Å². The van der Waals surface area contributed by atoms with Gasteiger partial charge in [0.1, 0.15) is 0 Å². The van der Waals surface area contributed by atoms with Gasteiger partial charge in [0.05, 0.1) is 11.3 Å². The van der Waals surface area contributed by atoms with Crippen LogP contribution in [0.25, 0.3) is 5.69 Å². The largest absolute Gasteiger partial charge is 0.418 e. The molecule has 9 heteroatoms. The second-order valence-electron chi connectivity index (χ2n) is 6.93. The highest BCUT2D eigenvalue weighted by atomic mass is 19.4. The van der Waals surface area contributed by atoms with E-state index in [9.17, 15) is 22.8 Å². The van der Waals surface area contributed by atoms with Crippen LogP contribution in [0.5, 0.6) is 0 Å². The SMILES string of the molecule is Cc1cc(=O)c(C(=O)NC2CCCC2CN)nn1-c1ccccc1C(F)(F)F. The quantitative estimate of drug-likeness (QED) is 0.833. The van der Waals surface area contributed by atoms with E-state index in [0.717, 1.165) is 36.1 Å². The number of hydrogen-bond acceptors (Lipinski definition) is 4. The molecular formula is C19H21F3N4O2. The van der Waals surface area contributed by atoms with E-state index in [1.165, 1.54) is 25.1 Å². The van der Waals surface area contributed by atoms with Crippen LogP contribution in [-0.2, 0) is 6.18 Å². The van der Waals surface area contributed by atoms with Gasteiger partial charge in [-0.25, -0.2) is 4.68 Å². The van der Waals surface area contributed by atoms with Gasteiger partial charge in [0.2, 0.25) is 5.43 Å². The van der Waals surface area contributed by atoms with Gasteiger partial charge in [0, 0.05) is 17.8 Å². The number of alkyl halides is 3. The number of nitrogens with zero attached hydrogens (tertiary/aromatic N) is 2. The molecule has 2 unspecified atom stereocenters. The molecule has 2 atom stereocenters. The molecule has 1 saturated carbocycles. The Balaban J connectivity index is 2.01. The summed E-state index contributed by atoms with van der Waals surface area (Å²) in [5, 5.41) is 6.73. The Morgan fingerprint density at radius 2 is 2.04 bits per heavy atom. The zero-order valence-corrected chi connectivity index (χ0v) is 15.3. The van der Waals surface area contributed by atoms with E-state index in [4.69, 9.17) is 5.73 Å². The molecule has 1 heterocycles. The summed E-state index contributed by atoms with van der Waals surface area (Å²) in [7, 11) is 0. The Morgan fingerprint density at radius 3 is 2.71 bits per heavy atom. The number of halogens is 3. The molecule has 150 valence electrons. The van der Waals surface area contributed by atoms with Crippen LogP contribution in [0.4, 0.5) is 13.2 Å². The van der Waals surface area contributed by atoms with Crippen LogP contribution in [0, 0.1) is 12.8 Å². The number of aryl methyl sites for hydroxylation is 1. The number of rotatable bonds is 4. The van der Waals surface area contributed by atoms with Gasteiger partial charge in [-0.3, -0.25) is 9.59 Å². The molecule has 1 aliphatic carbocycles. The lowest BCUT2D eigenvalue weighted by atomic mass is 10.0. The Labute approximate surface area is 159 Å². The van der Waals surface area contributed by atoms with E-state index in [1.54, 1.807) is 0 Å². The van der Waals surface area contributed by atoms with Gasteiger partial charge < -0.3 is 11.1 Å². The minimum Gasteiger partial charge on any atom is -0.347 e. The van der Waals surface area contributed by atoms with Crippen molar-refractivity contribution in [1.82, 2.24) is 15.1 Å². The predicted molar refractivity (Wildman–Crippen MR) is 97.2 cm³/mol. The number of nitrogens with one attached hydrogen (secondary N) is 1. The summed E-state index contributed by atoms with van der Waals surface area (Å²) >= 11 is 0. The highest BCUT2D eigenvalue weighted by molar-refractivity contribution is 5.92. The molecule has 0 spiro atoms. The number of hydrogen-bond donors (Lipinski definition) is 2. The lowest BCUT2D eigenvalue weighted by Gasteiger charge is -2.20. The summed E-state index contributed by atoms with van der Waals surface area (Å²) in [5.74, 6) is -0.587. The molecule has 0 saturated heterocycles. The van der Waals surface area contributed by atoms with Crippen LogP contribution in [0.1, 0.15) is 41.0 Å². The molecule has 6 nitrogen and oxygen atoms in total. The molecule has 1 fully saturated rings. The fourth-order valence-electron chi connectivity index (χ4n) is 3.59. The average molecular weight is 394 g/mol. The van der Waals surface area contributed by atoms with Crippen molar-refractivity contribution in [3.05, 3.63) is 57.5 Å². The Bertz CT molecular complexity index is 940. The standard InChI is InChI=1S/C19H21F3N4O2/c1-11-9-16(27)17(18(28)24-14-7-4-5-12(14)10-23)25-26(11)15-8-3-2-6-13(15)19(20,21)22/h2-3,6,8-9,12,14H,4-5,7,10,23H2,1H3,(H,24,28). The fourth-order valence-corrected chi connectivity index (χ4v) is 3.59. The van der Waals surface area contributed by atoms with Crippen LogP contribution in [0.15, 0.2) is 35.1 Å². The Kier molecular flexibility index (Phi) is 5.55. The summed E-state index contributed by atoms with van der Waals surface area (Å²) in [6, 6.07) is 5.83. The smallest absolute Gasteiger partial charge is 0.347 e. The monoisotopic (exact) mass is 394 g/mol. The third kappa shape index (κ3) is 3.94. The molecule has 1 aromatic carbocycles. The molecule has 3 rings (SSSR count). The maximum atomic E-state index is 13.4. The minimum absolute atomic E-state index is 0.113. The molecule has 0 aliphatic heterocycles. The van der Waals surface area contributed by atoms with Gasteiger partial charge in [0.25, 0.3) is 5.91 Å². The minimum atomic E-state index is -4.60. The van der Waals surface area contributed by atoms with Gasteiger partial charge in [-0.2, -0.15) is 18.3 Å². The predicted octanol–water partition coefficient (Wildman–Crippen LogP) is 2.42. The summed E-state index contributed by atoms with van der Waals surface area (Å²) < 4.78 is 41.1. The maximum Gasteiger partial charge on any atom is 0.418 e. The van der Waals surface area contributed by atoms with E-state index in [1.807, 2.05) is 0 Å². The van der Waals surface area contributed by atoms with Crippen LogP contribution < -0.4 is 16.5 Å². The van der Waals surface area contributed by atoms with E-state index in [-0.39, 0.29) is 23.3 Å². The van der Waals surface area contributed by atoms with Crippen molar-refractivity contribution in [2.45, 2.75) is 38.4 Å². The highest BCUT2D eigenvalue weighted by Gasteiger charge is 2.34. The molecule has 1 aliphatic rings. The van der Waals surface area contributed by atoms with Crippen molar-refractivity contribution in [2.24, 2.45) is 11.7 Å². The summed E-state index contributed by atoms with van der Waals surface area (Å²) in [6.07, 6.45) is -2.07. The maximum absolute atomic E-state index is 13.4. The fraction of sp³-hybridized carbons (Fsp3) is 0.421. The van der Waals surface area contributed by atoms with Gasteiger partial charge in [-0.15, -0.1) is 0 Å². The second-order valence-corrected chi connectivity index (χ2v) is 6.93. The number of nitrogens with two attached hydrogens (primary N) is 1. The molecule has 0 bridgehead atoms. The number of carbonyl (C=O) groups is 1. The number of aromatic nitrogens is 2. The third-order valence-corrected chi connectivity index (χ3v) is 5.04. The zero-order chi connectivity index (χ0) is 20.5. The molecule has 1 aromatic heterocycles. The third-order valence-electron chi connectivity index (χ3n) is 5.04. The first kappa shape index (κ1) is 20.1. The number of para-hydroxylation sites is 1. The van der Waals surface area contributed by atoms with E-state index < -0.39 is 28.8 Å². The second kappa shape index (κ2) is 7.75. The first-order chi connectivity index (χ1) is 13.2. The molecule has 3 N–H and O–H groups in total. The summed E-state index contributed by atoms with van der Waals surface area (Å²) in [6.45, 7) is 1.88. The summed E-state index contributed by atoms with van der Waals surface area (Å²) in [5.41, 5.74) is 3.67. The van der Waals surface area contributed by atoms with Crippen molar-refractivity contribution in [2.75, 3.05) is 6.54 Å². The first-order valence-electron chi connectivity index (χ1n) is 9.01. The van der Waals surface area contributed by atoms with Crippen LogP contribution in [-0.4, -0.2) is 28.3 Å². The first-order valence-corrected chi connectivity index (χ1v) is 9.01. The molecule has 28 heavy (non-hydrogen) atoms. The molecule has 1 amide bonds. The topological polar surface area (TPSA) is 90.0 Å². The van der Waals surface area contributed by atoms with Crippen molar-refractivity contribution in [1.29, 1.82) is 0 Å². The molecule has 0 radical (unpaired) electrons. The van der Waals surface area contributed by atoms with Crippen LogP contribution in [0.2, 0.25) is 0 Å². The van der Waals surface area contributed by atoms with Crippen LogP contribution in [0.3, 0.4) is 0 Å². The lowest BCUT2D eigenvalue weighted by molar-refractivity contribution is -0.137. The average Bonchev–Trinajstić information content (AvgIpc) is 3.08. The van der Waals surface area contributed by atoms with E-state index in [0.29, 0.717) is 6.54 Å². The molecule has 2 aromatic rings. The Morgan fingerprint density at radius 1 is 1.32 bits per heavy atom. The Hall–Kier alpha value is -2.68. The van der Waals surface area contributed by atoms with Gasteiger partial charge in [-0.1, -0.05) is 18.6 Å². The van der Waals surface area contributed by atoms with Gasteiger partial charge in [-0.05, 0) is 44.4 Å². The zero-order valence-electron chi connectivity index (χ0n) is 15.3. The van der Waals surface area contributed by atoms with Crippen molar-refractivity contribution < 1.29 is 18.0 Å². The summed E-state index contributed by atoms with van der Waals surface area (Å²) in [4.78, 5) is 24.9. The van der Waals surface area contributed by atoms with Gasteiger partial charge >= 0.3 is 6.18 Å². The number of carbonyl (C=O) groups excluding carboxylic acids is 1. The van der Waals surface area contributed by atoms with Crippen molar-refractivity contribution in [3.63, 3.8) is 0 Å². The van der Waals surface area contributed by atoms with Crippen molar-refractivity contribution >= 4 is 5.91 Å². The van der Waals surface area contributed by atoms with Gasteiger partial charge in [0.15, 0.2) is 5.69 Å². The van der Waals surface area contributed by atoms with E-state index in [2.05, 4.69) is 10.4 Å². The van der Waals surface area contributed by atoms with Crippen LogP contribution >= 0.6 is 0 Å². The normalized spacial score (nSPS) is 19.6. The van der Waals surface area contributed by atoms with E-state index >= 15 is 0 Å².